The molecule has 0 spiro atoms. The first-order chi connectivity index (χ1) is 9.08. The summed E-state index contributed by atoms with van der Waals surface area (Å²) in [4.78, 5) is 4.31. The molecular formula is C16H22N2S. The molecule has 1 N–H and O–H groups in total. The summed E-state index contributed by atoms with van der Waals surface area (Å²) < 4.78 is 0. The highest BCUT2D eigenvalue weighted by atomic mass is 32.1. The zero-order valence-corrected chi connectivity index (χ0v) is 12.9. The predicted octanol–water partition coefficient (Wildman–Crippen LogP) is 5.00. The summed E-state index contributed by atoms with van der Waals surface area (Å²) in [6.07, 6.45) is 1.85. The topological polar surface area (TPSA) is 24.9 Å². The van der Waals surface area contributed by atoms with Crippen LogP contribution in [-0.2, 0) is 6.54 Å². The molecule has 102 valence electrons. The molecule has 0 bridgehead atoms. The van der Waals surface area contributed by atoms with Crippen LogP contribution < -0.4 is 5.32 Å². The first kappa shape index (κ1) is 14.1. The van der Waals surface area contributed by atoms with E-state index in [1.165, 1.54) is 16.8 Å². The zero-order chi connectivity index (χ0) is 13.8. The van der Waals surface area contributed by atoms with Gasteiger partial charge in [0.25, 0.3) is 0 Å². The van der Waals surface area contributed by atoms with Crippen LogP contribution >= 0.6 is 11.3 Å². The van der Waals surface area contributed by atoms with Gasteiger partial charge >= 0.3 is 0 Å². The number of hydrogen-bond acceptors (Lipinski definition) is 3. The van der Waals surface area contributed by atoms with E-state index in [2.05, 4.69) is 56.2 Å². The summed E-state index contributed by atoms with van der Waals surface area (Å²) in [6.45, 7) is 9.77. The lowest BCUT2D eigenvalue weighted by Crippen LogP contribution is -2.04. The molecule has 1 heterocycles. The maximum Gasteiger partial charge on any atom is 0.112 e. The molecule has 0 saturated carbocycles. The van der Waals surface area contributed by atoms with Gasteiger partial charge in [-0.25, -0.2) is 4.98 Å². The lowest BCUT2D eigenvalue weighted by molar-refractivity contribution is 0.833. The van der Waals surface area contributed by atoms with Crippen molar-refractivity contribution in [3.05, 3.63) is 45.9 Å². The third-order valence-electron chi connectivity index (χ3n) is 3.28. The van der Waals surface area contributed by atoms with Crippen LogP contribution in [0.3, 0.4) is 0 Å². The number of nitrogens with zero attached hydrogens (tertiary/aromatic N) is 1. The van der Waals surface area contributed by atoms with E-state index in [0.29, 0.717) is 11.8 Å². The molecule has 1 aromatic carbocycles. The van der Waals surface area contributed by atoms with Gasteiger partial charge in [0.15, 0.2) is 0 Å². The molecule has 0 amide bonds. The van der Waals surface area contributed by atoms with Crippen molar-refractivity contribution in [1.82, 2.24) is 4.98 Å². The van der Waals surface area contributed by atoms with Crippen LogP contribution in [0.25, 0.3) is 0 Å². The second kappa shape index (κ2) is 6.20. The summed E-state index contributed by atoms with van der Waals surface area (Å²) in [7, 11) is 0. The van der Waals surface area contributed by atoms with Crippen molar-refractivity contribution in [2.75, 3.05) is 5.32 Å². The van der Waals surface area contributed by atoms with Gasteiger partial charge in [-0.1, -0.05) is 39.8 Å². The van der Waals surface area contributed by atoms with Crippen LogP contribution in [0, 0.1) is 0 Å². The van der Waals surface area contributed by atoms with Gasteiger partial charge in [-0.05, 0) is 29.0 Å². The van der Waals surface area contributed by atoms with E-state index < -0.39 is 0 Å². The van der Waals surface area contributed by atoms with Crippen molar-refractivity contribution in [1.29, 1.82) is 0 Å². The summed E-state index contributed by atoms with van der Waals surface area (Å²) in [6, 6.07) is 6.76. The monoisotopic (exact) mass is 274 g/mol. The molecule has 0 saturated heterocycles. The van der Waals surface area contributed by atoms with Gasteiger partial charge in [0.1, 0.15) is 5.01 Å². The SMILES string of the molecule is CC(C)c1ccc(NCc2nccs2)c(C(C)C)c1. The van der Waals surface area contributed by atoms with Crippen molar-refractivity contribution < 1.29 is 0 Å². The normalized spacial score (nSPS) is 11.3. The van der Waals surface area contributed by atoms with E-state index in [-0.39, 0.29) is 0 Å². The zero-order valence-electron chi connectivity index (χ0n) is 12.1. The van der Waals surface area contributed by atoms with E-state index in [4.69, 9.17) is 0 Å². The van der Waals surface area contributed by atoms with Crippen LogP contribution in [0.15, 0.2) is 29.8 Å². The largest absolute Gasteiger partial charge is 0.378 e. The smallest absolute Gasteiger partial charge is 0.112 e. The average molecular weight is 274 g/mol. The number of rotatable bonds is 5. The van der Waals surface area contributed by atoms with Gasteiger partial charge in [0.2, 0.25) is 0 Å². The third-order valence-corrected chi connectivity index (χ3v) is 4.06. The van der Waals surface area contributed by atoms with E-state index in [0.717, 1.165) is 11.6 Å². The second-order valence-corrected chi connectivity index (χ2v) is 6.41. The first-order valence-corrected chi connectivity index (χ1v) is 7.72. The molecule has 0 atom stereocenters. The molecule has 2 aromatic rings. The first-order valence-electron chi connectivity index (χ1n) is 6.84. The number of anilines is 1. The summed E-state index contributed by atoms with van der Waals surface area (Å²) in [5.41, 5.74) is 4.03. The molecule has 0 fully saturated rings. The Balaban J connectivity index is 2.19. The summed E-state index contributed by atoms with van der Waals surface area (Å²) in [5, 5.41) is 6.65. The minimum atomic E-state index is 0.525. The molecule has 0 unspecified atom stereocenters. The van der Waals surface area contributed by atoms with Gasteiger partial charge < -0.3 is 5.32 Å². The Hall–Kier alpha value is -1.35. The standard InChI is InChI=1S/C16H22N2S/c1-11(2)13-5-6-15(14(9-13)12(3)4)18-10-16-17-7-8-19-16/h5-9,11-12,18H,10H2,1-4H3. The lowest BCUT2D eigenvalue weighted by Gasteiger charge is -2.17. The van der Waals surface area contributed by atoms with E-state index in [9.17, 15) is 0 Å². The van der Waals surface area contributed by atoms with Crippen LogP contribution in [-0.4, -0.2) is 4.98 Å². The van der Waals surface area contributed by atoms with Crippen LogP contribution in [0.1, 0.15) is 55.7 Å². The Kier molecular flexibility index (Phi) is 4.59. The molecule has 2 rings (SSSR count). The van der Waals surface area contributed by atoms with Gasteiger partial charge in [-0.3, -0.25) is 0 Å². The highest BCUT2D eigenvalue weighted by Gasteiger charge is 2.09. The van der Waals surface area contributed by atoms with Crippen LogP contribution in [0.2, 0.25) is 0 Å². The second-order valence-electron chi connectivity index (χ2n) is 5.44. The highest BCUT2D eigenvalue weighted by Crippen LogP contribution is 2.28. The fourth-order valence-electron chi connectivity index (χ4n) is 2.09. The molecule has 2 nitrogen and oxygen atoms in total. The van der Waals surface area contributed by atoms with Gasteiger partial charge in [0.05, 0.1) is 6.54 Å². The molecule has 1 aromatic heterocycles. The number of nitrogens with one attached hydrogen (secondary N) is 1. The molecule has 19 heavy (non-hydrogen) atoms. The summed E-state index contributed by atoms with van der Waals surface area (Å²) >= 11 is 1.69. The lowest BCUT2D eigenvalue weighted by atomic mass is 9.94. The fourth-order valence-corrected chi connectivity index (χ4v) is 2.65. The van der Waals surface area contributed by atoms with Crippen molar-refractivity contribution >= 4 is 17.0 Å². The molecule has 0 aliphatic rings. The van der Waals surface area contributed by atoms with E-state index >= 15 is 0 Å². The van der Waals surface area contributed by atoms with Gasteiger partial charge in [-0.2, -0.15) is 0 Å². The van der Waals surface area contributed by atoms with Crippen molar-refractivity contribution in [3.63, 3.8) is 0 Å². The Morgan fingerprint density at radius 3 is 2.53 bits per heavy atom. The third kappa shape index (κ3) is 3.57. The quantitative estimate of drug-likeness (QED) is 0.829. The van der Waals surface area contributed by atoms with Crippen LogP contribution in [0.5, 0.6) is 0 Å². The van der Waals surface area contributed by atoms with Gasteiger partial charge in [-0.15, -0.1) is 11.3 Å². The number of hydrogen-bond donors (Lipinski definition) is 1. The molecule has 0 aliphatic carbocycles. The molecule has 0 radical (unpaired) electrons. The highest BCUT2D eigenvalue weighted by molar-refractivity contribution is 7.09. The van der Waals surface area contributed by atoms with Crippen molar-refractivity contribution in [3.8, 4) is 0 Å². The Morgan fingerprint density at radius 1 is 1.16 bits per heavy atom. The fraction of sp³-hybridized carbons (Fsp3) is 0.438. The Bertz CT molecular complexity index is 516. The minimum absolute atomic E-state index is 0.525. The van der Waals surface area contributed by atoms with E-state index in [1.54, 1.807) is 11.3 Å². The predicted molar refractivity (Wildman–Crippen MR) is 84.1 cm³/mol. The minimum Gasteiger partial charge on any atom is -0.378 e. The van der Waals surface area contributed by atoms with E-state index in [1.807, 2.05) is 11.6 Å². The Labute approximate surface area is 119 Å². The van der Waals surface area contributed by atoms with Crippen molar-refractivity contribution in [2.45, 2.75) is 46.1 Å². The number of benzene rings is 1. The summed E-state index contributed by atoms with van der Waals surface area (Å²) in [5.74, 6) is 1.10. The molecule has 0 aliphatic heterocycles. The van der Waals surface area contributed by atoms with Crippen molar-refractivity contribution in [2.24, 2.45) is 0 Å². The Morgan fingerprint density at radius 2 is 1.95 bits per heavy atom. The number of thiazole rings is 1. The maximum atomic E-state index is 4.31. The molecule has 3 heteroatoms. The average Bonchev–Trinajstić information content (AvgIpc) is 2.89. The number of aromatic nitrogens is 1. The van der Waals surface area contributed by atoms with Gasteiger partial charge in [0, 0.05) is 17.3 Å². The van der Waals surface area contributed by atoms with Crippen LogP contribution in [0.4, 0.5) is 5.69 Å². The maximum absolute atomic E-state index is 4.31. The molecular weight excluding hydrogens is 252 g/mol.